The van der Waals surface area contributed by atoms with E-state index in [1.165, 1.54) is 20.3 Å². The topological polar surface area (TPSA) is 87.9 Å². The van der Waals surface area contributed by atoms with E-state index in [2.05, 4.69) is 4.74 Å². The van der Waals surface area contributed by atoms with Gasteiger partial charge in [0.15, 0.2) is 6.61 Å². The Morgan fingerprint density at radius 1 is 1.39 bits per heavy atom. The van der Waals surface area contributed by atoms with Gasteiger partial charge in [-0.2, -0.15) is 0 Å². The molecule has 1 rings (SSSR count). The predicted molar refractivity (Wildman–Crippen MR) is 62.2 cm³/mol. The van der Waals surface area contributed by atoms with E-state index in [4.69, 9.17) is 21.1 Å². The minimum Gasteiger partial charge on any atom is -0.490 e. The molecule has 0 heterocycles. The van der Waals surface area contributed by atoms with Crippen molar-refractivity contribution in [2.75, 3.05) is 20.8 Å². The summed E-state index contributed by atoms with van der Waals surface area (Å²) >= 11 is 5.79. The SMILES string of the molecule is COC(=O)COc1cc(OC)c([N+](=O)[O-])cc1Cl. The zero-order valence-electron chi connectivity index (χ0n) is 9.64. The Bertz CT molecular complexity index is 476. The first-order chi connectivity index (χ1) is 8.49. The van der Waals surface area contributed by atoms with E-state index in [0.29, 0.717) is 0 Å². The quantitative estimate of drug-likeness (QED) is 0.462. The standard InChI is InChI=1S/C10H10ClNO6/c1-16-9-4-8(18-5-10(13)17-2)6(11)3-7(9)12(14)15/h3-4H,5H2,1-2H3. The summed E-state index contributed by atoms with van der Waals surface area (Å²) in [4.78, 5) is 21.0. The number of methoxy groups -OCH3 is 2. The summed E-state index contributed by atoms with van der Waals surface area (Å²) in [6.45, 7) is -0.350. The normalized spacial score (nSPS) is 9.72. The number of nitro groups is 1. The Morgan fingerprint density at radius 3 is 2.56 bits per heavy atom. The van der Waals surface area contributed by atoms with Gasteiger partial charge in [0.25, 0.3) is 0 Å². The molecular formula is C10H10ClNO6. The summed E-state index contributed by atoms with van der Waals surface area (Å²) < 4.78 is 14.3. The lowest BCUT2D eigenvalue weighted by atomic mass is 10.3. The lowest BCUT2D eigenvalue weighted by Crippen LogP contribution is -2.12. The highest BCUT2D eigenvalue weighted by molar-refractivity contribution is 6.32. The van der Waals surface area contributed by atoms with Crippen molar-refractivity contribution < 1.29 is 23.9 Å². The average Bonchev–Trinajstić information content (AvgIpc) is 2.36. The maximum atomic E-state index is 10.9. The minimum absolute atomic E-state index is 0.00593. The Morgan fingerprint density at radius 2 is 2.06 bits per heavy atom. The van der Waals surface area contributed by atoms with Crippen molar-refractivity contribution in [3.63, 3.8) is 0 Å². The third-order valence-electron chi connectivity index (χ3n) is 2.00. The van der Waals surface area contributed by atoms with Crippen LogP contribution in [-0.2, 0) is 9.53 Å². The maximum absolute atomic E-state index is 10.9. The molecule has 0 radical (unpaired) electrons. The van der Waals surface area contributed by atoms with Gasteiger partial charge in [0.1, 0.15) is 5.75 Å². The number of rotatable bonds is 5. The second kappa shape index (κ2) is 6.06. The fraction of sp³-hybridized carbons (Fsp3) is 0.300. The highest BCUT2D eigenvalue weighted by Crippen LogP contribution is 2.37. The number of nitrogens with zero attached hydrogens (tertiary/aromatic N) is 1. The number of benzene rings is 1. The van der Waals surface area contributed by atoms with E-state index >= 15 is 0 Å². The van der Waals surface area contributed by atoms with Crippen LogP contribution in [-0.4, -0.2) is 31.7 Å². The van der Waals surface area contributed by atoms with E-state index in [-0.39, 0.29) is 28.8 Å². The van der Waals surface area contributed by atoms with Gasteiger partial charge in [-0.25, -0.2) is 4.79 Å². The van der Waals surface area contributed by atoms with E-state index in [0.717, 1.165) is 6.07 Å². The lowest BCUT2D eigenvalue weighted by Gasteiger charge is -2.09. The van der Waals surface area contributed by atoms with Gasteiger partial charge in [-0.15, -0.1) is 0 Å². The number of hydrogen-bond acceptors (Lipinski definition) is 6. The molecular weight excluding hydrogens is 266 g/mol. The van der Waals surface area contributed by atoms with Gasteiger partial charge in [-0.05, 0) is 0 Å². The Labute approximate surface area is 107 Å². The van der Waals surface area contributed by atoms with Crippen LogP contribution in [0.25, 0.3) is 0 Å². The molecule has 0 aliphatic rings. The molecule has 0 unspecified atom stereocenters. The van der Waals surface area contributed by atoms with Crippen molar-refractivity contribution in [1.82, 2.24) is 0 Å². The van der Waals surface area contributed by atoms with Gasteiger partial charge in [0.2, 0.25) is 5.75 Å². The van der Waals surface area contributed by atoms with E-state index in [9.17, 15) is 14.9 Å². The van der Waals surface area contributed by atoms with Gasteiger partial charge in [0.05, 0.1) is 24.2 Å². The van der Waals surface area contributed by atoms with Gasteiger partial charge >= 0.3 is 11.7 Å². The molecule has 0 aliphatic carbocycles. The van der Waals surface area contributed by atoms with Crippen LogP contribution >= 0.6 is 11.6 Å². The largest absolute Gasteiger partial charge is 0.490 e. The molecule has 0 spiro atoms. The van der Waals surface area contributed by atoms with E-state index in [1.807, 2.05) is 0 Å². The molecule has 0 atom stereocenters. The Balaban J connectivity index is 3.00. The number of hydrogen-bond donors (Lipinski definition) is 0. The molecule has 0 saturated heterocycles. The number of carbonyl (C=O) groups excluding carboxylic acids is 1. The van der Waals surface area contributed by atoms with Crippen molar-refractivity contribution in [3.8, 4) is 11.5 Å². The van der Waals surface area contributed by atoms with Crippen LogP contribution in [0, 0.1) is 10.1 Å². The van der Waals surface area contributed by atoms with Crippen molar-refractivity contribution in [2.45, 2.75) is 0 Å². The summed E-state index contributed by atoms with van der Waals surface area (Å²) in [5.74, 6) is -0.503. The molecule has 98 valence electrons. The molecule has 0 saturated carbocycles. The molecule has 18 heavy (non-hydrogen) atoms. The molecule has 7 nitrogen and oxygen atoms in total. The predicted octanol–water partition coefficient (Wildman–Crippen LogP) is 1.81. The van der Waals surface area contributed by atoms with E-state index < -0.39 is 10.9 Å². The van der Waals surface area contributed by atoms with Crippen LogP contribution in [0.1, 0.15) is 0 Å². The third kappa shape index (κ3) is 3.24. The molecule has 0 N–H and O–H groups in total. The van der Waals surface area contributed by atoms with Crippen LogP contribution in [0.3, 0.4) is 0 Å². The fourth-order valence-electron chi connectivity index (χ4n) is 1.14. The van der Waals surface area contributed by atoms with Crippen LogP contribution < -0.4 is 9.47 Å². The Hall–Kier alpha value is -2.02. The minimum atomic E-state index is -0.630. The summed E-state index contributed by atoms with van der Waals surface area (Å²) in [5.41, 5.74) is -0.284. The first-order valence-electron chi connectivity index (χ1n) is 4.71. The molecule has 1 aromatic rings. The second-order valence-electron chi connectivity index (χ2n) is 3.08. The zero-order chi connectivity index (χ0) is 13.7. The van der Waals surface area contributed by atoms with Crippen molar-refractivity contribution in [2.24, 2.45) is 0 Å². The Kier molecular flexibility index (Phi) is 4.73. The maximum Gasteiger partial charge on any atom is 0.343 e. The summed E-state index contributed by atoms with van der Waals surface area (Å²) in [6.07, 6.45) is 0. The van der Waals surface area contributed by atoms with Gasteiger partial charge < -0.3 is 14.2 Å². The average molecular weight is 276 g/mol. The first kappa shape index (κ1) is 14.0. The smallest absolute Gasteiger partial charge is 0.343 e. The number of nitro benzene ring substituents is 1. The number of halogens is 1. The summed E-state index contributed by atoms with van der Waals surface area (Å²) in [7, 11) is 2.49. The highest BCUT2D eigenvalue weighted by atomic mass is 35.5. The second-order valence-corrected chi connectivity index (χ2v) is 3.48. The van der Waals surface area contributed by atoms with Gasteiger partial charge in [0, 0.05) is 12.1 Å². The fourth-order valence-corrected chi connectivity index (χ4v) is 1.35. The molecule has 8 heteroatoms. The summed E-state index contributed by atoms with van der Waals surface area (Å²) in [6, 6.07) is 2.33. The van der Waals surface area contributed by atoms with Crippen molar-refractivity contribution in [3.05, 3.63) is 27.3 Å². The van der Waals surface area contributed by atoms with Gasteiger partial charge in [-0.3, -0.25) is 10.1 Å². The van der Waals surface area contributed by atoms with Crippen LogP contribution in [0.5, 0.6) is 11.5 Å². The monoisotopic (exact) mass is 275 g/mol. The number of esters is 1. The van der Waals surface area contributed by atoms with Crippen LogP contribution in [0.2, 0.25) is 5.02 Å². The molecule has 0 fully saturated rings. The van der Waals surface area contributed by atoms with Crippen LogP contribution in [0.15, 0.2) is 12.1 Å². The summed E-state index contributed by atoms with van der Waals surface area (Å²) in [5, 5.41) is 10.7. The molecule has 0 amide bonds. The van der Waals surface area contributed by atoms with Crippen molar-refractivity contribution in [1.29, 1.82) is 0 Å². The molecule has 0 aromatic heterocycles. The lowest BCUT2D eigenvalue weighted by molar-refractivity contribution is -0.385. The number of carbonyl (C=O) groups is 1. The third-order valence-corrected chi connectivity index (χ3v) is 2.30. The van der Waals surface area contributed by atoms with Gasteiger partial charge in [-0.1, -0.05) is 11.6 Å². The first-order valence-corrected chi connectivity index (χ1v) is 5.09. The molecule has 0 aliphatic heterocycles. The van der Waals surface area contributed by atoms with Crippen molar-refractivity contribution >= 4 is 23.3 Å². The number of ether oxygens (including phenoxy) is 3. The van der Waals surface area contributed by atoms with E-state index in [1.54, 1.807) is 0 Å². The molecule has 1 aromatic carbocycles. The van der Waals surface area contributed by atoms with Crippen LogP contribution in [0.4, 0.5) is 5.69 Å². The molecule has 0 bridgehead atoms. The zero-order valence-corrected chi connectivity index (χ0v) is 10.4. The highest BCUT2D eigenvalue weighted by Gasteiger charge is 2.19.